The minimum atomic E-state index is -0.665. The lowest BCUT2D eigenvalue weighted by Gasteiger charge is -2.22. The first kappa shape index (κ1) is 18.8. The quantitative estimate of drug-likeness (QED) is 0.723. The minimum absolute atomic E-state index is 0.167. The van der Waals surface area contributed by atoms with Gasteiger partial charge in [-0.2, -0.15) is 0 Å². The van der Waals surface area contributed by atoms with Crippen LogP contribution in [-0.2, 0) is 0 Å². The fourth-order valence-corrected chi connectivity index (χ4v) is 2.05. The van der Waals surface area contributed by atoms with Crippen LogP contribution < -0.4 is 10.1 Å². The number of hydrogen-bond acceptors (Lipinski definition) is 5. The predicted molar refractivity (Wildman–Crippen MR) is 99.0 cm³/mol. The molecule has 1 aromatic carbocycles. The van der Waals surface area contributed by atoms with E-state index in [1.165, 1.54) is 0 Å². The average Bonchev–Trinajstić information content (AvgIpc) is 3.02. The molecule has 2 rings (SSSR count). The van der Waals surface area contributed by atoms with E-state index in [2.05, 4.69) is 16.4 Å². The summed E-state index contributed by atoms with van der Waals surface area (Å²) in [5.74, 6) is 3.99. The zero-order chi connectivity index (χ0) is 18.3. The molecule has 1 heterocycles. The lowest BCUT2D eigenvalue weighted by Crippen LogP contribution is -2.43. The number of terminal acetylenes is 1. The molecule has 2 N–H and O–H groups in total. The number of nitrogens with zero attached hydrogens (tertiary/aromatic N) is 1. The third kappa shape index (κ3) is 6.11. The van der Waals surface area contributed by atoms with Gasteiger partial charge in [-0.15, -0.1) is 6.42 Å². The number of aromatic nitrogens is 1. The summed E-state index contributed by atoms with van der Waals surface area (Å²) in [4.78, 5) is 0. The Hall–Kier alpha value is -2.55. The highest BCUT2D eigenvalue weighted by Gasteiger charge is 2.15. The van der Waals surface area contributed by atoms with Gasteiger partial charge in [-0.05, 0) is 39.0 Å². The molecule has 5 heteroatoms. The van der Waals surface area contributed by atoms with E-state index < -0.39 is 11.6 Å². The van der Waals surface area contributed by atoms with Gasteiger partial charge in [0, 0.05) is 18.2 Å². The number of rotatable bonds is 8. The van der Waals surface area contributed by atoms with Crippen LogP contribution in [0.5, 0.6) is 5.75 Å². The number of ether oxygens (including phenoxy) is 1. The third-order valence-electron chi connectivity index (χ3n) is 3.56. The van der Waals surface area contributed by atoms with Crippen molar-refractivity contribution in [3.8, 4) is 18.1 Å². The molecule has 0 saturated heterocycles. The molecule has 0 aliphatic carbocycles. The van der Waals surface area contributed by atoms with Gasteiger partial charge in [-0.3, -0.25) is 5.32 Å². The maximum Gasteiger partial charge on any atom is 0.159 e. The van der Waals surface area contributed by atoms with Gasteiger partial charge >= 0.3 is 0 Å². The first-order valence-electron chi connectivity index (χ1n) is 8.14. The summed E-state index contributed by atoms with van der Waals surface area (Å²) in [6.45, 7) is 6.15. The molecule has 0 aliphatic heterocycles. The Labute approximate surface area is 148 Å². The number of β-amino-alcohol motifs (C(OH)–C–C–N with tert-alkyl or cyclic N) is 1. The smallest absolute Gasteiger partial charge is 0.159 e. The Morgan fingerprint density at radius 1 is 1.40 bits per heavy atom. The van der Waals surface area contributed by atoms with Crippen molar-refractivity contribution in [3.05, 3.63) is 47.3 Å². The van der Waals surface area contributed by atoms with Crippen molar-refractivity contribution >= 4 is 12.2 Å². The molecule has 2 aromatic rings. The van der Waals surface area contributed by atoms with Gasteiger partial charge in [0.2, 0.25) is 0 Å². The Kier molecular flexibility index (Phi) is 6.40. The fourth-order valence-electron chi connectivity index (χ4n) is 2.05. The monoisotopic (exact) mass is 340 g/mol. The summed E-state index contributed by atoms with van der Waals surface area (Å²) in [5, 5.41) is 17.0. The first-order valence-corrected chi connectivity index (χ1v) is 8.14. The van der Waals surface area contributed by atoms with E-state index in [4.69, 9.17) is 15.7 Å². The number of benzene rings is 1. The largest absolute Gasteiger partial charge is 0.490 e. The Morgan fingerprint density at radius 2 is 2.16 bits per heavy atom. The normalized spacial score (nSPS) is 12.9. The van der Waals surface area contributed by atoms with Gasteiger partial charge in [0.1, 0.15) is 18.5 Å². The molecule has 1 atom stereocenters. The second kappa shape index (κ2) is 8.52. The van der Waals surface area contributed by atoms with E-state index in [1.54, 1.807) is 0 Å². The predicted octanol–water partition coefficient (Wildman–Crippen LogP) is 2.89. The summed E-state index contributed by atoms with van der Waals surface area (Å²) >= 11 is 0. The van der Waals surface area contributed by atoms with E-state index in [0.29, 0.717) is 18.1 Å². The van der Waals surface area contributed by atoms with Crippen LogP contribution >= 0.6 is 0 Å². The molecule has 0 saturated carbocycles. The van der Waals surface area contributed by atoms with Crippen LogP contribution in [0.4, 0.5) is 0 Å². The summed E-state index contributed by atoms with van der Waals surface area (Å²) in [6, 6.07) is 9.45. The van der Waals surface area contributed by atoms with Crippen molar-refractivity contribution in [1.82, 2.24) is 10.5 Å². The molecule has 0 spiro atoms. The molecule has 0 fully saturated rings. The minimum Gasteiger partial charge on any atom is -0.490 e. The van der Waals surface area contributed by atoms with Gasteiger partial charge in [0.15, 0.2) is 5.76 Å². The van der Waals surface area contributed by atoms with Crippen LogP contribution in [0.15, 0.2) is 34.9 Å². The van der Waals surface area contributed by atoms with Crippen LogP contribution in [0.3, 0.4) is 0 Å². The molecular weight excluding hydrogens is 316 g/mol. The lowest BCUT2D eigenvalue weighted by molar-refractivity contribution is 0.102. The summed E-state index contributed by atoms with van der Waals surface area (Å²) in [5.41, 5.74) is 1.26. The first-order chi connectivity index (χ1) is 11.9. The van der Waals surface area contributed by atoms with Crippen molar-refractivity contribution in [2.24, 2.45) is 0 Å². The number of aliphatic hydroxyl groups excluding tert-OH is 1. The zero-order valence-corrected chi connectivity index (χ0v) is 14.8. The summed E-state index contributed by atoms with van der Waals surface area (Å²) in [7, 11) is 0. The van der Waals surface area contributed by atoms with Crippen LogP contribution in [0.25, 0.3) is 12.2 Å². The van der Waals surface area contributed by atoms with Gasteiger partial charge in [0.05, 0.1) is 11.2 Å². The van der Waals surface area contributed by atoms with Gasteiger partial charge in [-0.25, -0.2) is 0 Å². The highest BCUT2D eigenvalue weighted by Crippen LogP contribution is 2.21. The summed E-state index contributed by atoms with van der Waals surface area (Å²) < 4.78 is 10.9. The molecule has 0 aliphatic rings. The van der Waals surface area contributed by atoms with Gasteiger partial charge in [-0.1, -0.05) is 29.3 Å². The maximum atomic E-state index is 10.1. The van der Waals surface area contributed by atoms with Crippen LogP contribution in [-0.4, -0.2) is 35.1 Å². The molecule has 0 bridgehead atoms. The SMILES string of the molecule is C#CC(C)(C)NCC(O)COc1ccccc1/C=C/c1cc(C)no1. The molecule has 1 aromatic heterocycles. The van der Waals surface area contributed by atoms with Gasteiger partial charge < -0.3 is 14.4 Å². The van der Waals surface area contributed by atoms with Crippen molar-refractivity contribution < 1.29 is 14.4 Å². The van der Waals surface area contributed by atoms with Crippen LogP contribution in [0, 0.1) is 19.3 Å². The number of para-hydroxylation sites is 1. The Morgan fingerprint density at radius 3 is 2.84 bits per heavy atom. The van der Waals surface area contributed by atoms with Crippen molar-refractivity contribution in [3.63, 3.8) is 0 Å². The fraction of sp³-hybridized carbons (Fsp3) is 0.350. The molecule has 132 valence electrons. The third-order valence-corrected chi connectivity index (χ3v) is 3.56. The number of aliphatic hydroxyl groups is 1. The van der Waals surface area contributed by atoms with E-state index in [9.17, 15) is 5.11 Å². The van der Waals surface area contributed by atoms with Crippen LogP contribution in [0.2, 0.25) is 0 Å². The lowest BCUT2D eigenvalue weighted by atomic mass is 10.1. The van der Waals surface area contributed by atoms with Crippen molar-refractivity contribution in [2.75, 3.05) is 13.2 Å². The number of nitrogens with one attached hydrogen (secondary N) is 1. The second-order valence-electron chi connectivity index (χ2n) is 6.36. The van der Waals surface area contributed by atoms with E-state index in [0.717, 1.165) is 11.3 Å². The maximum absolute atomic E-state index is 10.1. The molecule has 25 heavy (non-hydrogen) atoms. The van der Waals surface area contributed by atoms with E-state index in [1.807, 2.05) is 63.3 Å². The zero-order valence-electron chi connectivity index (χ0n) is 14.8. The standard InChI is InChI=1S/C20H24N2O3/c1-5-20(3,4)21-13-17(23)14-24-19-9-7-6-8-16(19)10-11-18-12-15(2)22-25-18/h1,6-12,17,21,23H,13-14H2,2-4H3/b11-10+. The highest BCUT2D eigenvalue weighted by atomic mass is 16.5. The Bertz CT molecular complexity index is 756. The molecule has 0 radical (unpaired) electrons. The summed E-state index contributed by atoms with van der Waals surface area (Å²) in [6.07, 6.45) is 8.47. The second-order valence-corrected chi connectivity index (χ2v) is 6.36. The molecule has 0 amide bonds. The molecule has 5 nitrogen and oxygen atoms in total. The van der Waals surface area contributed by atoms with E-state index in [-0.39, 0.29) is 6.61 Å². The van der Waals surface area contributed by atoms with Gasteiger partial charge in [0.25, 0.3) is 0 Å². The van der Waals surface area contributed by atoms with Crippen LogP contribution in [0.1, 0.15) is 30.9 Å². The number of hydrogen-bond donors (Lipinski definition) is 2. The van der Waals surface area contributed by atoms with E-state index >= 15 is 0 Å². The van der Waals surface area contributed by atoms with Crippen molar-refractivity contribution in [2.45, 2.75) is 32.4 Å². The topological polar surface area (TPSA) is 67.5 Å². The average molecular weight is 340 g/mol. The van der Waals surface area contributed by atoms with Crippen molar-refractivity contribution in [1.29, 1.82) is 0 Å². The molecule has 1 unspecified atom stereocenters. The number of aryl methyl sites for hydroxylation is 1. The highest BCUT2D eigenvalue weighted by molar-refractivity contribution is 5.70. The Balaban J connectivity index is 1.94. The molecular formula is C20H24N2O3.